The van der Waals surface area contributed by atoms with Crippen molar-refractivity contribution in [3.63, 3.8) is 0 Å². The highest BCUT2D eigenvalue weighted by molar-refractivity contribution is 5.62. The second kappa shape index (κ2) is 5.58. The number of hydrogen-bond acceptors (Lipinski definition) is 2. The van der Waals surface area contributed by atoms with Crippen molar-refractivity contribution in [3.05, 3.63) is 48.0 Å². The lowest BCUT2D eigenvalue weighted by molar-refractivity contribution is 0.511. The van der Waals surface area contributed by atoms with Crippen LogP contribution in [0.2, 0.25) is 0 Å². The van der Waals surface area contributed by atoms with Gasteiger partial charge in [0.1, 0.15) is 5.82 Å². The molecule has 0 atom stereocenters. The van der Waals surface area contributed by atoms with Crippen LogP contribution in [0.4, 0.5) is 14.6 Å². The summed E-state index contributed by atoms with van der Waals surface area (Å²) in [4.78, 5) is 4.26. The van der Waals surface area contributed by atoms with E-state index in [-0.39, 0.29) is 5.56 Å². The Labute approximate surface area is 105 Å². The third-order valence-corrected chi connectivity index (χ3v) is 2.53. The van der Waals surface area contributed by atoms with Gasteiger partial charge in [-0.15, -0.1) is 0 Å². The average molecular weight is 248 g/mol. The molecule has 1 aromatic carbocycles. The van der Waals surface area contributed by atoms with Gasteiger partial charge in [-0.2, -0.15) is 0 Å². The first-order valence-electron chi connectivity index (χ1n) is 5.87. The molecule has 1 heterocycles. The Balaban J connectivity index is 2.35. The Kier molecular flexibility index (Phi) is 3.87. The maximum atomic E-state index is 13.6. The molecule has 0 fully saturated rings. The number of benzene rings is 1. The minimum Gasteiger partial charge on any atom is -0.370 e. The van der Waals surface area contributed by atoms with E-state index in [2.05, 4.69) is 10.3 Å². The van der Waals surface area contributed by atoms with Crippen molar-refractivity contribution in [2.45, 2.75) is 13.3 Å². The van der Waals surface area contributed by atoms with Crippen LogP contribution in [-0.4, -0.2) is 11.5 Å². The summed E-state index contributed by atoms with van der Waals surface area (Å²) >= 11 is 0. The van der Waals surface area contributed by atoms with E-state index in [1.54, 1.807) is 18.2 Å². The molecule has 0 unspecified atom stereocenters. The molecule has 94 valence electrons. The first kappa shape index (κ1) is 12.5. The van der Waals surface area contributed by atoms with Gasteiger partial charge in [0, 0.05) is 12.1 Å². The van der Waals surface area contributed by atoms with Crippen LogP contribution >= 0.6 is 0 Å². The summed E-state index contributed by atoms with van der Waals surface area (Å²) in [6.45, 7) is 2.84. The quantitative estimate of drug-likeness (QED) is 0.889. The molecule has 0 saturated heterocycles. The number of nitrogens with zero attached hydrogens (tertiary/aromatic N) is 1. The Hall–Kier alpha value is -1.97. The Morgan fingerprint density at radius 1 is 1.11 bits per heavy atom. The number of halogens is 2. The fourth-order valence-corrected chi connectivity index (χ4v) is 1.64. The smallest absolute Gasteiger partial charge is 0.168 e. The predicted octanol–water partition coefficient (Wildman–Crippen LogP) is 3.85. The fourth-order valence-electron chi connectivity index (χ4n) is 1.64. The molecule has 0 aliphatic carbocycles. The monoisotopic (exact) mass is 248 g/mol. The Morgan fingerprint density at radius 3 is 2.67 bits per heavy atom. The van der Waals surface area contributed by atoms with Crippen molar-refractivity contribution >= 4 is 5.82 Å². The van der Waals surface area contributed by atoms with Crippen LogP contribution in [0.25, 0.3) is 11.3 Å². The van der Waals surface area contributed by atoms with Crippen molar-refractivity contribution in [2.75, 3.05) is 11.9 Å². The summed E-state index contributed by atoms with van der Waals surface area (Å²) < 4.78 is 26.8. The molecule has 4 heteroatoms. The van der Waals surface area contributed by atoms with Gasteiger partial charge in [0.2, 0.25) is 0 Å². The molecule has 0 spiro atoms. The highest BCUT2D eigenvalue weighted by Gasteiger charge is 2.10. The number of aromatic nitrogens is 1. The van der Waals surface area contributed by atoms with E-state index >= 15 is 0 Å². The highest BCUT2D eigenvalue weighted by atomic mass is 19.2. The van der Waals surface area contributed by atoms with Gasteiger partial charge in [0.25, 0.3) is 0 Å². The van der Waals surface area contributed by atoms with E-state index in [0.717, 1.165) is 19.0 Å². The van der Waals surface area contributed by atoms with Gasteiger partial charge in [-0.05, 0) is 30.7 Å². The molecule has 0 bridgehead atoms. The largest absolute Gasteiger partial charge is 0.370 e. The molecular weight excluding hydrogens is 234 g/mol. The molecule has 1 N–H and O–H groups in total. The molecule has 2 nitrogen and oxygen atoms in total. The van der Waals surface area contributed by atoms with E-state index < -0.39 is 11.6 Å². The lowest BCUT2D eigenvalue weighted by Crippen LogP contribution is -2.02. The molecule has 0 saturated carbocycles. The second-order valence-corrected chi connectivity index (χ2v) is 3.94. The Morgan fingerprint density at radius 2 is 1.89 bits per heavy atom. The van der Waals surface area contributed by atoms with Crippen LogP contribution in [0.1, 0.15) is 13.3 Å². The first-order valence-corrected chi connectivity index (χ1v) is 5.87. The predicted molar refractivity (Wildman–Crippen MR) is 68.4 cm³/mol. The number of nitrogens with one attached hydrogen (secondary N) is 1. The van der Waals surface area contributed by atoms with Gasteiger partial charge in [-0.1, -0.05) is 19.1 Å². The van der Waals surface area contributed by atoms with E-state index in [0.29, 0.717) is 11.5 Å². The molecule has 0 amide bonds. The van der Waals surface area contributed by atoms with Crippen LogP contribution in [0, 0.1) is 11.6 Å². The summed E-state index contributed by atoms with van der Waals surface area (Å²) in [6.07, 6.45) is 0.972. The zero-order valence-corrected chi connectivity index (χ0v) is 10.1. The van der Waals surface area contributed by atoms with Crippen LogP contribution in [-0.2, 0) is 0 Å². The molecule has 18 heavy (non-hydrogen) atoms. The lowest BCUT2D eigenvalue weighted by atomic mass is 10.1. The zero-order chi connectivity index (χ0) is 13.0. The van der Waals surface area contributed by atoms with E-state index in [1.807, 2.05) is 6.92 Å². The molecule has 2 rings (SSSR count). The molecule has 0 aliphatic rings. The third-order valence-electron chi connectivity index (χ3n) is 2.53. The van der Waals surface area contributed by atoms with Crippen molar-refractivity contribution < 1.29 is 8.78 Å². The maximum absolute atomic E-state index is 13.6. The van der Waals surface area contributed by atoms with Gasteiger partial charge in [-0.3, -0.25) is 0 Å². The second-order valence-electron chi connectivity index (χ2n) is 3.94. The molecule has 0 aliphatic heterocycles. The first-order chi connectivity index (χ1) is 8.72. The fraction of sp³-hybridized carbons (Fsp3) is 0.214. The third kappa shape index (κ3) is 2.64. The summed E-state index contributed by atoms with van der Waals surface area (Å²) in [5.74, 6) is -1.06. The maximum Gasteiger partial charge on any atom is 0.168 e. The van der Waals surface area contributed by atoms with Gasteiger partial charge in [0.15, 0.2) is 11.6 Å². The van der Waals surface area contributed by atoms with E-state index in [1.165, 1.54) is 12.1 Å². The zero-order valence-electron chi connectivity index (χ0n) is 10.1. The Bertz CT molecular complexity index is 541. The van der Waals surface area contributed by atoms with E-state index in [4.69, 9.17) is 0 Å². The number of hydrogen-bond donors (Lipinski definition) is 1. The molecule has 1 aromatic heterocycles. The van der Waals surface area contributed by atoms with Crippen molar-refractivity contribution in [1.29, 1.82) is 0 Å². The summed E-state index contributed by atoms with van der Waals surface area (Å²) in [5, 5.41) is 3.11. The SMILES string of the molecule is CCCNc1cccc(-c2cccc(F)c2F)n1. The summed E-state index contributed by atoms with van der Waals surface area (Å²) in [5.41, 5.74) is 0.600. The van der Waals surface area contributed by atoms with Crippen molar-refractivity contribution in [1.82, 2.24) is 4.98 Å². The van der Waals surface area contributed by atoms with Gasteiger partial charge < -0.3 is 5.32 Å². The van der Waals surface area contributed by atoms with Gasteiger partial charge in [0.05, 0.1) is 5.69 Å². The molecule has 0 radical (unpaired) electrons. The normalized spacial score (nSPS) is 10.4. The highest BCUT2D eigenvalue weighted by Crippen LogP contribution is 2.23. The van der Waals surface area contributed by atoms with Crippen LogP contribution in [0.3, 0.4) is 0 Å². The minimum absolute atomic E-state index is 0.176. The van der Waals surface area contributed by atoms with Crippen LogP contribution in [0.15, 0.2) is 36.4 Å². The summed E-state index contributed by atoms with van der Waals surface area (Å²) in [6, 6.07) is 9.32. The lowest BCUT2D eigenvalue weighted by Gasteiger charge is -2.07. The average Bonchev–Trinajstić information content (AvgIpc) is 2.40. The van der Waals surface area contributed by atoms with Crippen LogP contribution < -0.4 is 5.32 Å². The van der Waals surface area contributed by atoms with Gasteiger partial charge in [-0.25, -0.2) is 13.8 Å². The topological polar surface area (TPSA) is 24.9 Å². The standard InChI is InChI=1S/C14H14F2N2/c1-2-9-17-13-8-4-7-12(18-13)10-5-3-6-11(15)14(10)16/h3-8H,2,9H2,1H3,(H,17,18). The van der Waals surface area contributed by atoms with E-state index in [9.17, 15) is 8.78 Å². The minimum atomic E-state index is -0.863. The number of anilines is 1. The van der Waals surface area contributed by atoms with Crippen molar-refractivity contribution in [2.24, 2.45) is 0 Å². The van der Waals surface area contributed by atoms with Crippen LogP contribution in [0.5, 0.6) is 0 Å². The molecule has 2 aromatic rings. The molecular formula is C14H14F2N2. The van der Waals surface area contributed by atoms with Gasteiger partial charge >= 0.3 is 0 Å². The van der Waals surface area contributed by atoms with Crippen molar-refractivity contribution in [3.8, 4) is 11.3 Å². The number of rotatable bonds is 4. The number of pyridine rings is 1. The summed E-state index contributed by atoms with van der Waals surface area (Å²) in [7, 11) is 0.